The second kappa shape index (κ2) is 6.95. The molecule has 1 aliphatic rings. The predicted octanol–water partition coefficient (Wildman–Crippen LogP) is 3.29. The summed E-state index contributed by atoms with van der Waals surface area (Å²) in [6, 6.07) is 2.47. The number of imidazole rings is 1. The number of aliphatic carboxylic acids is 1. The average molecular weight is 438 g/mol. The van der Waals surface area contributed by atoms with Crippen molar-refractivity contribution in [1.29, 1.82) is 0 Å². The molecule has 1 N–H and O–H groups in total. The molecular formula is C19H17F3N4O3S. The molecule has 0 aliphatic heterocycles. The number of aryl methyl sites for hydroxylation is 1. The zero-order valence-corrected chi connectivity index (χ0v) is 16.8. The lowest BCUT2D eigenvalue weighted by Crippen LogP contribution is -2.21. The molecule has 0 bridgehead atoms. The largest absolute Gasteiger partial charge is 0.611 e. The van der Waals surface area contributed by atoms with Crippen molar-refractivity contribution in [2.24, 2.45) is 7.05 Å². The second-order valence-corrected chi connectivity index (χ2v) is 8.86. The first-order valence-electron chi connectivity index (χ1n) is 9.11. The van der Waals surface area contributed by atoms with Gasteiger partial charge in [0.2, 0.25) is 0 Å². The van der Waals surface area contributed by atoms with E-state index in [0.29, 0.717) is 23.3 Å². The molecule has 0 saturated heterocycles. The molecule has 1 aliphatic carbocycles. The molecule has 11 heteroatoms. The molecule has 3 aromatic rings. The van der Waals surface area contributed by atoms with E-state index in [9.17, 15) is 27.6 Å². The maximum Gasteiger partial charge on any atom is 0.417 e. The van der Waals surface area contributed by atoms with Gasteiger partial charge in [0, 0.05) is 25.5 Å². The molecule has 0 spiro atoms. The molecule has 0 amide bonds. The molecule has 1 unspecified atom stereocenters. The summed E-state index contributed by atoms with van der Waals surface area (Å²) in [5, 5.41) is 9.54. The number of carbonyl (C=O) groups is 1. The summed E-state index contributed by atoms with van der Waals surface area (Å²) in [5.41, 5.74) is -0.987. The Labute approximate surface area is 172 Å². The number of alkyl halides is 3. The van der Waals surface area contributed by atoms with Crippen LogP contribution in [0.15, 0.2) is 29.4 Å². The first-order valence-corrected chi connectivity index (χ1v) is 10.4. The van der Waals surface area contributed by atoms with Crippen LogP contribution < -0.4 is 0 Å². The quantitative estimate of drug-likeness (QED) is 0.613. The second-order valence-electron chi connectivity index (χ2n) is 7.15. The number of hydrogen-bond donors (Lipinski definition) is 1. The highest BCUT2D eigenvalue weighted by Gasteiger charge is 2.52. The van der Waals surface area contributed by atoms with Crippen molar-refractivity contribution in [3.8, 4) is 11.5 Å². The van der Waals surface area contributed by atoms with Gasteiger partial charge < -0.3 is 14.2 Å². The first kappa shape index (κ1) is 20.6. The molecule has 1 fully saturated rings. The minimum Gasteiger partial charge on any atom is -0.611 e. The van der Waals surface area contributed by atoms with Crippen LogP contribution in [0, 0.1) is 0 Å². The number of fused-ring (bicyclic) bond motifs is 1. The van der Waals surface area contributed by atoms with E-state index in [2.05, 4.69) is 15.0 Å². The van der Waals surface area contributed by atoms with Crippen molar-refractivity contribution in [3.05, 3.63) is 35.7 Å². The standard InChI is InChI=1S/C19H17F3N4O3S/c1-3-30(29)13-7-10(18(4-5-18)17(27)28)8-23-14(13)16-25-12-6-11(19(20,21)22)9-24-15(12)26(16)2/h6-9H,3-5H2,1-2H3,(H,27,28). The van der Waals surface area contributed by atoms with Crippen LogP contribution in [0.3, 0.4) is 0 Å². The Bertz CT molecular complexity index is 1160. The molecule has 4 rings (SSSR count). The van der Waals surface area contributed by atoms with Crippen LogP contribution in [0.25, 0.3) is 22.7 Å². The lowest BCUT2D eigenvalue weighted by molar-refractivity contribution is -0.140. The van der Waals surface area contributed by atoms with Crippen molar-refractivity contribution in [3.63, 3.8) is 0 Å². The van der Waals surface area contributed by atoms with Gasteiger partial charge in [0.15, 0.2) is 22.1 Å². The number of aromatic nitrogens is 4. The summed E-state index contributed by atoms with van der Waals surface area (Å²) < 4.78 is 53.2. The van der Waals surface area contributed by atoms with Gasteiger partial charge in [0.05, 0.1) is 11.0 Å². The molecule has 0 aromatic carbocycles. The molecular weight excluding hydrogens is 421 g/mol. The van der Waals surface area contributed by atoms with Gasteiger partial charge in [-0.15, -0.1) is 0 Å². The minimum absolute atomic E-state index is 0.0330. The van der Waals surface area contributed by atoms with Gasteiger partial charge in [-0.05, 0) is 42.6 Å². The van der Waals surface area contributed by atoms with Crippen molar-refractivity contribution in [2.75, 3.05) is 5.75 Å². The summed E-state index contributed by atoms with van der Waals surface area (Å²) in [5.74, 6) is -0.490. The topological polar surface area (TPSA) is 104 Å². The van der Waals surface area contributed by atoms with Crippen molar-refractivity contribution in [2.45, 2.75) is 36.3 Å². The molecule has 1 atom stereocenters. The van der Waals surface area contributed by atoms with Crippen LogP contribution in [-0.4, -0.2) is 40.9 Å². The highest BCUT2D eigenvalue weighted by molar-refractivity contribution is 7.91. The van der Waals surface area contributed by atoms with E-state index in [4.69, 9.17) is 0 Å². The molecule has 158 valence electrons. The number of carboxylic acids is 1. The summed E-state index contributed by atoms with van der Waals surface area (Å²) in [6.07, 6.45) is -1.46. The Balaban J connectivity index is 1.88. The zero-order valence-electron chi connectivity index (χ0n) is 16.0. The fourth-order valence-electron chi connectivity index (χ4n) is 3.40. The van der Waals surface area contributed by atoms with Gasteiger partial charge >= 0.3 is 12.1 Å². The average Bonchev–Trinajstić information content (AvgIpc) is 3.46. The summed E-state index contributed by atoms with van der Waals surface area (Å²) in [7, 11) is 1.58. The van der Waals surface area contributed by atoms with Crippen LogP contribution in [0.1, 0.15) is 30.9 Å². The first-order chi connectivity index (χ1) is 14.1. The Kier molecular flexibility index (Phi) is 4.77. The van der Waals surface area contributed by atoms with Crippen LogP contribution in [0.4, 0.5) is 13.2 Å². The van der Waals surface area contributed by atoms with Gasteiger partial charge in [-0.3, -0.25) is 4.79 Å². The normalized spacial score (nSPS) is 16.6. The minimum atomic E-state index is -4.55. The van der Waals surface area contributed by atoms with E-state index >= 15 is 0 Å². The third-order valence-corrected chi connectivity index (χ3v) is 6.65. The van der Waals surface area contributed by atoms with E-state index in [1.807, 2.05) is 0 Å². The van der Waals surface area contributed by atoms with Crippen molar-refractivity contribution >= 4 is 28.3 Å². The lowest BCUT2D eigenvalue weighted by Gasteiger charge is -2.16. The molecule has 0 radical (unpaired) electrons. The highest BCUT2D eigenvalue weighted by Crippen LogP contribution is 2.49. The molecule has 30 heavy (non-hydrogen) atoms. The number of halogens is 3. The van der Waals surface area contributed by atoms with Crippen LogP contribution in [0.2, 0.25) is 0 Å². The number of hydrogen-bond acceptors (Lipinski definition) is 5. The Morgan fingerprint density at radius 1 is 1.30 bits per heavy atom. The summed E-state index contributed by atoms with van der Waals surface area (Å²) in [6.45, 7) is 1.71. The van der Waals surface area contributed by atoms with Gasteiger partial charge in [-0.25, -0.2) is 15.0 Å². The van der Waals surface area contributed by atoms with E-state index in [1.165, 1.54) is 10.8 Å². The molecule has 3 aromatic heterocycles. The number of nitrogens with zero attached hydrogens (tertiary/aromatic N) is 4. The predicted molar refractivity (Wildman–Crippen MR) is 102 cm³/mol. The molecule has 1 saturated carbocycles. The zero-order chi connectivity index (χ0) is 21.8. The monoisotopic (exact) mass is 438 g/mol. The van der Waals surface area contributed by atoms with Crippen molar-refractivity contribution in [1.82, 2.24) is 19.5 Å². The van der Waals surface area contributed by atoms with Gasteiger partial charge in [0.1, 0.15) is 11.3 Å². The Morgan fingerprint density at radius 2 is 2.00 bits per heavy atom. The fourth-order valence-corrected chi connectivity index (χ4v) is 4.33. The smallest absolute Gasteiger partial charge is 0.417 e. The van der Waals surface area contributed by atoms with E-state index < -0.39 is 34.3 Å². The van der Waals surface area contributed by atoms with Gasteiger partial charge in [-0.2, -0.15) is 13.2 Å². The molecule has 7 nitrogen and oxygen atoms in total. The highest BCUT2D eigenvalue weighted by atomic mass is 32.2. The maximum absolute atomic E-state index is 13.0. The maximum atomic E-state index is 13.0. The lowest BCUT2D eigenvalue weighted by atomic mass is 9.98. The van der Waals surface area contributed by atoms with E-state index in [1.54, 1.807) is 20.0 Å². The number of pyridine rings is 2. The number of carboxylic acid groups (broad SMARTS) is 1. The van der Waals surface area contributed by atoms with Crippen LogP contribution in [0.5, 0.6) is 0 Å². The van der Waals surface area contributed by atoms with Gasteiger partial charge in [0.25, 0.3) is 0 Å². The van der Waals surface area contributed by atoms with E-state index in [0.717, 1.165) is 12.3 Å². The fraction of sp³-hybridized carbons (Fsp3) is 0.368. The van der Waals surface area contributed by atoms with Crippen molar-refractivity contribution < 1.29 is 27.6 Å². The van der Waals surface area contributed by atoms with Gasteiger partial charge in [-0.1, -0.05) is 0 Å². The SMILES string of the molecule is CC[S+]([O-])c1cc(C2(C(=O)O)CC2)cnc1-c1nc2cc(C(F)(F)F)cnc2n1C. The third kappa shape index (κ3) is 3.21. The third-order valence-electron chi connectivity index (χ3n) is 5.32. The Hall–Kier alpha value is -2.66. The van der Waals surface area contributed by atoms with Crippen LogP contribution in [-0.2, 0) is 34.6 Å². The summed E-state index contributed by atoms with van der Waals surface area (Å²) in [4.78, 5) is 24.4. The van der Waals surface area contributed by atoms with E-state index in [-0.39, 0.29) is 28.4 Å². The van der Waals surface area contributed by atoms with Crippen LogP contribution >= 0.6 is 0 Å². The molecule has 3 heterocycles. The number of rotatable bonds is 5. The summed E-state index contributed by atoms with van der Waals surface area (Å²) >= 11 is -1.49. The Morgan fingerprint density at radius 3 is 2.57 bits per heavy atom.